The number of methoxy groups -OCH3 is 2. The highest BCUT2D eigenvalue weighted by atomic mass is 16.5. The lowest BCUT2D eigenvalue weighted by Crippen LogP contribution is -2.18. The van der Waals surface area contributed by atoms with Gasteiger partial charge in [0.2, 0.25) is 0 Å². The zero-order valence-electron chi connectivity index (χ0n) is 16.2. The van der Waals surface area contributed by atoms with Crippen LogP contribution in [0, 0.1) is 13.8 Å². The van der Waals surface area contributed by atoms with Crippen molar-refractivity contribution in [3.8, 4) is 22.8 Å². The van der Waals surface area contributed by atoms with Gasteiger partial charge in [0.15, 0.2) is 11.5 Å². The van der Waals surface area contributed by atoms with E-state index >= 15 is 0 Å². The molecule has 0 radical (unpaired) electrons. The molecule has 3 rings (SSSR count). The van der Waals surface area contributed by atoms with Crippen LogP contribution in [-0.4, -0.2) is 36.5 Å². The van der Waals surface area contributed by atoms with Crippen LogP contribution in [0.3, 0.4) is 0 Å². The molecule has 0 saturated carbocycles. The molecule has 2 aromatic carbocycles. The largest absolute Gasteiger partial charge is 0.493 e. The van der Waals surface area contributed by atoms with Gasteiger partial charge in [-0.25, -0.2) is 5.43 Å². The van der Waals surface area contributed by atoms with Crippen molar-refractivity contribution >= 4 is 12.1 Å². The molecule has 0 unspecified atom stereocenters. The molecular weight excluding hydrogens is 356 g/mol. The summed E-state index contributed by atoms with van der Waals surface area (Å²) >= 11 is 0. The monoisotopic (exact) mass is 378 g/mol. The third kappa shape index (κ3) is 4.20. The third-order valence-corrected chi connectivity index (χ3v) is 4.41. The summed E-state index contributed by atoms with van der Waals surface area (Å²) in [6.07, 6.45) is 1.53. The minimum Gasteiger partial charge on any atom is -0.493 e. The van der Waals surface area contributed by atoms with Gasteiger partial charge in [-0.3, -0.25) is 9.89 Å². The molecule has 28 heavy (non-hydrogen) atoms. The Morgan fingerprint density at radius 1 is 1.04 bits per heavy atom. The van der Waals surface area contributed by atoms with Gasteiger partial charge >= 0.3 is 0 Å². The minimum atomic E-state index is -0.376. The van der Waals surface area contributed by atoms with Crippen LogP contribution >= 0.6 is 0 Å². The van der Waals surface area contributed by atoms with E-state index in [9.17, 15) is 4.79 Å². The molecule has 0 aliphatic rings. The first-order chi connectivity index (χ1) is 13.5. The number of hydrogen-bond donors (Lipinski definition) is 2. The van der Waals surface area contributed by atoms with Crippen molar-refractivity contribution in [2.45, 2.75) is 13.8 Å². The van der Waals surface area contributed by atoms with Crippen LogP contribution in [0.15, 0.2) is 47.6 Å². The topological polar surface area (TPSA) is 88.6 Å². The fourth-order valence-electron chi connectivity index (χ4n) is 2.65. The van der Waals surface area contributed by atoms with Gasteiger partial charge in [0, 0.05) is 5.56 Å². The third-order valence-electron chi connectivity index (χ3n) is 4.41. The zero-order chi connectivity index (χ0) is 20.1. The molecule has 1 amide bonds. The lowest BCUT2D eigenvalue weighted by Gasteiger charge is -2.07. The van der Waals surface area contributed by atoms with Crippen LogP contribution in [-0.2, 0) is 0 Å². The van der Waals surface area contributed by atoms with Crippen molar-refractivity contribution in [2.24, 2.45) is 5.10 Å². The predicted octanol–water partition coefficient (Wildman–Crippen LogP) is 3.47. The van der Waals surface area contributed by atoms with E-state index in [-0.39, 0.29) is 5.91 Å². The van der Waals surface area contributed by atoms with E-state index in [2.05, 4.69) is 27.6 Å². The normalized spacial score (nSPS) is 10.9. The van der Waals surface area contributed by atoms with E-state index in [1.165, 1.54) is 17.3 Å². The Bertz CT molecular complexity index is 1020. The number of hydrogen-bond acceptors (Lipinski definition) is 5. The summed E-state index contributed by atoms with van der Waals surface area (Å²) in [6.45, 7) is 4.10. The Morgan fingerprint density at radius 2 is 1.82 bits per heavy atom. The van der Waals surface area contributed by atoms with Crippen LogP contribution in [0.5, 0.6) is 11.5 Å². The molecule has 2 N–H and O–H groups in total. The van der Waals surface area contributed by atoms with Crippen molar-refractivity contribution in [3.63, 3.8) is 0 Å². The van der Waals surface area contributed by atoms with Crippen molar-refractivity contribution in [2.75, 3.05) is 14.2 Å². The Kier molecular flexibility index (Phi) is 5.74. The number of rotatable bonds is 6. The lowest BCUT2D eigenvalue weighted by molar-refractivity contribution is 0.0950. The molecule has 0 aliphatic heterocycles. The number of carbonyl (C=O) groups excluding carboxylic acids is 1. The number of hydrazone groups is 1. The molecule has 0 atom stereocenters. The van der Waals surface area contributed by atoms with Gasteiger partial charge in [0.05, 0.1) is 26.1 Å². The molecule has 0 bridgehead atoms. The van der Waals surface area contributed by atoms with Gasteiger partial charge in [0.1, 0.15) is 5.69 Å². The first-order valence-corrected chi connectivity index (χ1v) is 8.70. The maximum atomic E-state index is 12.3. The smallest absolute Gasteiger partial charge is 0.289 e. The van der Waals surface area contributed by atoms with E-state index in [0.29, 0.717) is 22.9 Å². The molecule has 3 aromatic rings. The highest BCUT2D eigenvalue weighted by Gasteiger charge is 2.11. The van der Waals surface area contributed by atoms with E-state index in [0.717, 1.165) is 11.1 Å². The lowest BCUT2D eigenvalue weighted by atomic mass is 10.0. The van der Waals surface area contributed by atoms with Gasteiger partial charge < -0.3 is 9.47 Å². The molecule has 0 fully saturated rings. The van der Waals surface area contributed by atoms with E-state index < -0.39 is 0 Å². The van der Waals surface area contributed by atoms with E-state index in [4.69, 9.17) is 9.47 Å². The second kappa shape index (κ2) is 8.39. The zero-order valence-corrected chi connectivity index (χ0v) is 16.2. The molecule has 144 valence electrons. The van der Waals surface area contributed by atoms with Gasteiger partial charge in [-0.05, 0) is 60.9 Å². The summed E-state index contributed by atoms with van der Waals surface area (Å²) in [5.74, 6) is 0.837. The summed E-state index contributed by atoms with van der Waals surface area (Å²) in [5.41, 5.74) is 7.62. The minimum absolute atomic E-state index is 0.331. The van der Waals surface area contributed by atoms with Crippen LogP contribution in [0.25, 0.3) is 11.3 Å². The number of nitrogens with one attached hydrogen (secondary N) is 2. The summed E-state index contributed by atoms with van der Waals surface area (Å²) in [5, 5.41) is 11.0. The van der Waals surface area contributed by atoms with Crippen LogP contribution in [0.1, 0.15) is 27.2 Å². The summed E-state index contributed by atoms with van der Waals surface area (Å²) in [4.78, 5) is 12.3. The van der Waals surface area contributed by atoms with Gasteiger partial charge in [-0.1, -0.05) is 12.1 Å². The maximum absolute atomic E-state index is 12.3. The van der Waals surface area contributed by atoms with Gasteiger partial charge in [-0.2, -0.15) is 10.2 Å². The van der Waals surface area contributed by atoms with Crippen molar-refractivity contribution in [1.29, 1.82) is 0 Å². The SMILES string of the molecule is COc1ccc(/C=N/NC(=O)c2cc(-c3ccc(C)c(C)c3)n[nH]2)cc1OC. The van der Waals surface area contributed by atoms with Gasteiger partial charge in [-0.15, -0.1) is 0 Å². The molecule has 1 heterocycles. The number of aromatic nitrogens is 2. The number of ether oxygens (including phenoxy) is 2. The van der Waals surface area contributed by atoms with Crippen LogP contribution < -0.4 is 14.9 Å². The quantitative estimate of drug-likeness (QED) is 0.508. The number of aromatic amines is 1. The average molecular weight is 378 g/mol. The van der Waals surface area contributed by atoms with E-state index in [1.807, 2.05) is 31.2 Å². The molecule has 1 aromatic heterocycles. The maximum Gasteiger partial charge on any atom is 0.289 e. The fraction of sp³-hybridized carbons (Fsp3) is 0.190. The van der Waals surface area contributed by atoms with E-state index in [1.54, 1.807) is 32.4 Å². The Balaban J connectivity index is 1.68. The van der Waals surface area contributed by atoms with Crippen LogP contribution in [0.2, 0.25) is 0 Å². The van der Waals surface area contributed by atoms with Crippen molar-refractivity contribution in [1.82, 2.24) is 15.6 Å². The number of benzene rings is 2. The Morgan fingerprint density at radius 3 is 2.54 bits per heavy atom. The molecule has 0 spiro atoms. The van der Waals surface area contributed by atoms with Crippen LogP contribution in [0.4, 0.5) is 0 Å². The number of H-pyrrole nitrogens is 1. The molecule has 0 aliphatic carbocycles. The molecule has 7 nitrogen and oxygen atoms in total. The number of amides is 1. The summed E-state index contributed by atoms with van der Waals surface area (Å²) < 4.78 is 10.4. The highest BCUT2D eigenvalue weighted by Crippen LogP contribution is 2.26. The molecule has 7 heteroatoms. The second-order valence-corrected chi connectivity index (χ2v) is 6.28. The number of carbonyl (C=O) groups is 1. The summed E-state index contributed by atoms with van der Waals surface area (Å²) in [7, 11) is 3.13. The first kappa shape index (κ1) is 19.2. The fourth-order valence-corrected chi connectivity index (χ4v) is 2.65. The Hall–Kier alpha value is -3.61. The molecule has 0 saturated heterocycles. The predicted molar refractivity (Wildman–Crippen MR) is 108 cm³/mol. The number of aryl methyl sites for hydroxylation is 2. The highest BCUT2D eigenvalue weighted by molar-refractivity contribution is 5.94. The van der Waals surface area contributed by atoms with Crippen molar-refractivity contribution in [3.05, 3.63) is 64.8 Å². The first-order valence-electron chi connectivity index (χ1n) is 8.70. The van der Waals surface area contributed by atoms with Crippen molar-refractivity contribution < 1.29 is 14.3 Å². The summed E-state index contributed by atoms with van der Waals surface area (Å²) in [6, 6.07) is 13.1. The average Bonchev–Trinajstić information content (AvgIpc) is 3.20. The van der Waals surface area contributed by atoms with Gasteiger partial charge in [0.25, 0.3) is 5.91 Å². The molecular formula is C21H22N4O3. The Labute approximate surface area is 163 Å². The number of nitrogens with zero attached hydrogens (tertiary/aromatic N) is 2. The second-order valence-electron chi connectivity index (χ2n) is 6.28. The standard InChI is InChI=1S/C21H22N4O3/c1-13-5-7-16(9-14(13)2)17-11-18(24-23-17)21(26)25-22-12-15-6-8-19(27-3)20(10-15)28-4/h5-12H,1-4H3,(H,23,24)(H,25,26)/b22-12+.